The Balaban J connectivity index is 2.36. The highest BCUT2D eigenvalue weighted by Gasteiger charge is 2.08. The Morgan fingerprint density at radius 3 is 2.57 bits per heavy atom. The van der Waals surface area contributed by atoms with Gasteiger partial charge in [-0.1, -0.05) is 25.1 Å². The molecular formula is C18H16N2O3. The maximum atomic E-state index is 10.7. The number of rotatable bonds is 6. The van der Waals surface area contributed by atoms with Crippen LogP contribution in [0.2, 0.25) is 0 Å². The smallest absolute Gasteiger partial charge is 0.269 e. The zero-order valence-electron chi connectivity index (χ0n) is 12.7. The van der Waals surface area contributed by atoms with Crippen molar-refractivity contribution in [1.29, 1.82) is 5.26 Å². The van der Waals surface area contributed by atoms with Crippen molar-refractivity contribution in [3.8, 4) is 11.8 Å². The van der Waals surface area contributed by atoms with Crippen LogP contribution >= 0.6 is 0 Å². The lowest BCUT2D eigenvalue weighted by atomic mass is 10.0. The average Bonchev–Trinajstić information content (AvgIpc) is 2.58. The molecule has 0 atom stereocenters. The number of allylic oxidation sites excluding steroid dienone is 1. The topological polar surface area (TPSA) is 76.2 Å². The summed E-state index contributed by atoms with van der Waals surface area (Å²) < 4.78 is 5.67. The standard InChI is InChI=1S/C18H16N2O3/c1-2-11-23-18-6-4-3-5-15(18)12-16(13-19)14-7-9-17(10-8-14)20(21)22/h3-10,12H,2,11H2,1H3/b16-12-. The van der Waals surface area contributed by atoms with Gasteiger partial charge >= 0.3 is 0 Å². The van der Waals surface area contributed by atoms with Crippen LogP contribution in [0.25, 0.3) is 11.6 Å². The molecule has 0 unspecified atom stereocenters. The molecule has 0 amide bonds. The summed E-state index contributed by atoms with van der Waals surface area (Å²) in [6.07, 6.45) is 2.62. The van der Waals surface area contributed by atoms with Crippen molar-refractivity contribution in [3.63, 3.8) is 0 Å². The van der Waals surface area contributed by atoms with Crippen LogP contribution in [-0.2, 0) is 0 Å². The van der Waals surface area contributed by atoms with E-state index in [4.69, 9.17) is 4.74 Å². The number of nitrogens with zero attached hydrogens (tertiary/aromatic N) is 2. The third kappa shape index (κ3) is 4.17. The van der Waals surface area contributed by atoms with E-state index < -0.39 is 4.92 Å². The minimum Gasteiger partial charge on any atom is -0.493 e. The van der Waals surface area contributed by atoms with E-state index in [9.17, 15) is 15.4 Å². The fraction of sp³-hybridized carbons (Fsp3) is 0.167. The molecule has 5 nitrogen and oxygen atoms in total. The SMILES string of the molecule is CCCOc1ccccc1/C=C(/C#N)c1ccc([N+](=O)[O-])cc1. The minimum atomic E-state index is -0.465. The molecule has 0 fully saturated rings. The van der Waals surface area contributed by atoms with Gasteiger partial charge in [-0.15, -0.1) is 0 Å². The van der Waals surface area contributed by atoms with E-state index >= 15 is 0 Å². The molecule has 0 aliphatic carbocycles. The molecular weight excluding hydrogens is 292 g/mol. The normalized spacial score (nSPS) is 10.9. The molecule has 0 aromatic heterocycles. The Bertz CT molecular complexity index is 759. The van der Waals surface area contributed by atoms with Crippen LogP contribution in [-0.4, -0.2) is 11.5 Å². The second-order valence-corrected chi connectivity index (χ2v) is 4.86. The van der Waals surface area contributed by atoms with Gasteiger partial charge in [-0.3, -0.25) is 10.1 Å². The van der Waals surface area contributed by atoms with Gasteiger partial charge in [-0.25, -0.2) is 0 Å². The molecule has 2 aromatic rings. The van der Waals surface area contributed by atoms with Crippen LogP contribution in [0.15, 0.2) is 48.5 Å². The largest absolute Gasteiger partial charge is 0.493 e. The van der Waals surface area contributed by atoms with Crippen molar-refractivity contribution in [1.82, 2.24) is 0 Å². The summed E-state index contributed by atoms with van der Waals surface area (Å²) in [5, 5.41) is 20.1. The van der Waals surface area contributed by atoms with Crippen molar-refractivity contribution in [2.75, 3.05) is 6.61 Å². The first-order chi connectivity index (χ1) is 11.2. The number of nitro groups is 1. The van der Waals surface area contributed by atoms with Crippen LogP contribution in [0.1, 0.15) is 24.5 Å². The molecule has 0 saturated heterocycles. The molecule has 2 rings (SSSR count). The maximum Gasteiger partial charge on any atom is 0.269 e. The van der Waals surface area contributed by atoms with Gasteiger partial charge < -0.3 is 4.74 Å². The Labute approximate surface area is 134 Å². The zero-order chi connectivity index (χ0) is 16.7. The zero-order valence-corrected chi connectivity index (χ0v) is 12.7. The van der Waals surface area contributed by atoms with Crippen molar-refractivity contribution >= 4 is 17.3 Å². The summed E-state index contributed by atoms with van der Waals surface area (Å²) in [5.74, 6) is 0.712. The fourth-order valence-corrected chi connectivity index (χ4v) is 2.04. The number of benzene rings is 2. The number of hydrogen-bond donors (Lipinski definition) is 0. The van der Waals surface area contributed by atoms with E-state index in [1.54, 1.807) is 18.2 Å². The number of nitro benzene ring substituents is 1. The van der Waals surface area contributed by atoms with Crippen LogP contribution in [0.3, 0.4) is 0 Å². The summed E-state index contributed by atoms with van der Waals surface area (Å²) in [7, 11) is 0. The summed E-state index contributed by atoms with van der Waals surface area (Å²) in [6.45, 7) is 2.63. The highest BCUT2D eigenvalue weighted by atomic mass is 16.6. The molecule has 0 heterocycles. The number of nitriles is 1. The van der Waals surface area contributed by atoms with Crippen LogP contribution in [0.5, 0.6) is 5.75 Å². The van der Waals surface area contributed by atoms with Gasteiger partial charge in [0.2, 0.25) is 0 Å². The molecule has 0 N–H and O–H groups in total. The first-order valence-corrected chi connectivity index (χ1v) is 7.24. The summed E-state index contributed by atoms with van der Waals surface area (Å²) in [4.78, 5) is 10.2. The highest BCUT2D eigenvalue weighted by Crippen LogP contribution is 2.25. The maximum absolute atomic E-state index is 10.7. The van der Waals surface area contributed by atoms with E-state index in [-0.39, 0.29) is 5.69 Å². The van der Waals surface area contributed by atoms with Crippen molar-refractivity contribution in [3.05, 3.63) is 69.8 Å². The van der Waals surface area contributed by atoms with Crippen molar-refractivity contribution in [2.45, 2.75) is 13.3 Å². The number of para-hydroxylation sites is 1. The van der Waals surface area contributed by atoms with E-state index in [1.165, 1.54) is 12.1 Å². The van der Waals surface area contributed by atoms with Gasteiger partial charge in [0, 0.05) is 17.7 Å². The predicted octanol–water partition coefficient (Wildman–Crippen LogP) is 4.45. The van der Waals surface area contributed by atoms with E-state index in [0.29, 0.717) is 23.5 Å². The van der Waals surface area contributed by atoms with Crippen LogP contribution in [0, 0.1) is 21.4 Å². The molecule has 0 radical (unpaired) electrons. The first-order valence-electron chi connectivity index (χ1n) is 7.24. The Morgan fingerprint density at radius 1 is 1.26 bits per heavy atom. The van der Waals surface area contributed by atoms with Crippen molar-refractivity contribution < 1.29 is 9.66 Å². The van der Waals surface area contributed by atoms with Gasteiger partial charge in [-0.2, -0.15) is 5.26 Å². The van der Waals surface area contributed by atoms with Crippen LogP contribution < -0.4 is 4.74 Å². The average molecular weight is 308 g/mol. The summed E-state index contributed by atoms with van der Waals surface area (Å²) in [6, 6.07) is 15.5. The van der Waals surface area contributed by atoms with E-state index in [1.807, 2.05) is 31.2 Å². The molecule has 2 aromatic carbocycles. The van der Waals surface area contributed by atoms with Crippen LogP contribution in [0.4, 0.5) is 5.69 Å². The first kappa shape index (κ1) is 16.2. The summed E-state index contributed by atoms with van der Waals surface area (Å²) >= 11 is 0. The van der Waals surface area contributed by atoms with Gasteiger partial charge in [0.1, 0.15) is 5.75 Å². The lowest BCUT2D eigenvalue weighted by Crippen LogP contribution is -1.96. The third-order valence-electron chi connectivity index (χ3n) is 3.19. The lowest BCUT2D eigenvalue weighted by molar-refractivity contribution is -0.384. The minimum absolute atomic E-state index is 0.00211. The molecule has 0 saturated carbocycles. The highest BCUT2D eigenvalue weighted by molar-refractivity contribution is 5.90. The second-order valence-electron chi connectivity index (χ2n) is 4.86. The fourth-order valence-electron chi connectivity index (χ4n) is 2.04. The van der Waals surface area contributed by atoms with Gasteiger partial charge in [0.25, 0.3) is 5.69 Å². The third-order valence-corrected chi connectivity index (χ3v) is 3.19. The van der Waals surface area contributed by atoms with Gasteiger partial charge in [0.15, 0.2) is 0 Å². The van der Waals surface area contributed by atoms with Gasteiger partial charge in [0.05, 0.1) is 23.2 Å². The monoisotopic (exact) mass is 308 g/mol. The molecule has 0 aliphatic heterocycles. The second kappa shape index (κ2) is 7.76. The quantitative estimate of drug-likeness (QED) is 0.342. The van der Waals surface area contributed by atoms with Crippen molar-refractivity contribution in [2.24, 2.45) is 0 Å². The van der Waals surface area contributed by atoms with E-state index in [0.717, 1.165) is 12.0 Å². The Hall–Kier alpha value is -3.13. The number of non-ortho nitro benzene ring substituents is 1. The molecule has 0 spiro atoms. The lowest BCUT2D eigenvalue weighted by Gasteiger charge is -2.08. The Kier molecular flexibility index (Phi) is 5.48. The summed E-state index contributed by atoms with van der Waals surface area (Å²) in [5.41, 5.74) is 1.85. The molecule has 116 valence electrons. The molecule has 0 bridgehead atoms. The molecule has 23 heavy (non-hydrogen) atoms. The molecule has 5 heteroatoms. The Morgan fingerprint density at radius 2 is 1.96 bits per heavy atom. The molecule has 0 aliphatic rings. The van der Waals surface area contributed by atoms with E-state index in [2.05, 4.69) is 6.07 Å². The van der Waals surface area contributed by atoms with Gasteiger partial charge in [-0.05, 0) is 36.3 Å². The number of hydrogen-bond acceptors (Lipinski definition) is 4. The predicted molar refractivity (Wildman–Crippen MR) is 88.8 cm³/mol. The number of ether oxygens (including phenoxy) is 1.